The van der Waals surface area contributed by atoms with Crippen LogP contribution in [0, 0.1) is 0 Å². The molecule has 2 fully saturated rings. The summed E-state index contributed by atoms with van der Waals surface area (Å²) in [7, 11) is 0. The first-order valence-electron chi connectivity index (χ1n) is 8.90. The monoisotopic (exact) mass is 336 g/mol. The summed E-state index contributed by atoms with van der Waals surface area (Å²) in [5.74, 6) is 0.191. The van der Waals surface area contributed by atoms with Gasteiger partial charge in [0.25, 0.3) is 0 Å². The van der Waals surface area contributed by atoms with Crippen LogP contribution in [0.15, 0.2) is 17.5 Å². The third kappa shape index (κ3) is 4.55. The Morgan fingerprint density at radius 3 is 2.74 bits per heavy atom. The normalized spacial score (nSPS) is 21.9. The molecule has 1 saturated carbocycles. The van der Waals surface area contributed by atoms with Gasteiger partial charge < -0.3 is 10.1 Å². The van der Waals surface area contributed by atoms with Crippen LogP contribution in [0.2, 0.25) is 0 Å². The van der Waals surface area contributed by atoms with E-state index in [1.54, 1.807) is 11.3 Å². The van der Waals surface area contributed by atoms with Crippen LogP contribution in [-0.4, -0.2) is 49.2 Å². The number of nitrogens with zero attached hydrogens (tertiary/aromatic N) is 1. The van der Waals surface area contributed by atoms with E-state index >= 15 is 0 Å². The lowest BCUT2D eigenvalue weighted by Crippen LogP contribution is -2.59. The number of thiophene rings is 1. The van der Waals surface area contributed by atoms with Crippen LogP contribution in [0.1, 0.15) is 43.4 Å². The van der Waals surface area contributed by atoms with Crippen molar-refractivity contribution in [2.45, 2.75) is 50.5 Å². The minimum absolute atomic E-state index is 0.167. The molecule has 2 heterocycles. The van der Waals surface area contributed by atoms with Gasteiger partial charge in [-0.15, -0.1) is 11.3 Å². The fourth-order valence-electron chi connectivity index (χ4n) is 3.90. The van der Waals surface area contributed by atoms with Gasteiger partial charge in [0.1, 0.15) is 0 Å². The predicted octanol–water partition coefficient (Wildman–Crippen LogP) is 2.83. The Morgan fingerprint density at radius 1 is 1.26 bits per heavy atom. The van der Waals surface area contributed by atoms with Crippen LogP contribution in [0.5, 0.6) is 0 Å². The number of carbonyl (C=O) groups excluding carboxylic acids is 1. The van der Waals surface area contributed by atoms with Crippen molar-refractivity contribution in [2.24, 2.45) is 0 Å². The smallest absolute Gasteiger partial charge is 0.220 e. The Bertz CT molecular complexity index is 477. The summed E-state index contributed by atoms with van der Waals surface area (Å²) >= 11 is 1.73. The maximum Gasteiger partial charge on any atom is 0.220 e. The molecule has 0 bridgehead atoms. The molecule has 1 aromatic rings. The largest absolute Gasteiger partial charge is 0.379 e. The van der Waals surface area contributed by atoms with Gasteiger partial charge in [0.2, 0.25) is 5.91 Å². The molecule has 0 radical (unpaired) electrons. The summed E-state index contributed by atoms with van der Waals surface area (Å²) in [6.45, 7) is 4.47. The zero-order valence-corrected chi connectivity index (χ0v) is 14.7. The topological polar surface area (TPSA) is 41.6 Å². The van der Waals surface area contributed by atoms with Crippen LogP contribution >= 0.6 is 11.3 Å². The van der Waals surface area contributed by atoms with Crippen LogP contribution in [0.4, 0.5) is 0 Å². The van der Waals surface area contributed by atoms with E-state index in [-0.39, 0.29) is 11.4 Å². The first-order chi connectivity index (χ1) is 11.3. The molecule has 1 aliphatic carbocycles. The van der Waals surface area contributed by atoms with Crippen molar-refractivity contribution in [1.82, 2.24) is 10.2 Å². The minimum Gasteiger partial charge on any atom is -0.379 e. The molecular weight excluding hydrogens is 308 g/mol. The molecule has 4 nitrogen and oxygen atoms in total. The summed E-state index contributed by atoms with van der Waals surface area (Å²) in [5, 5.41) is 5.31. The molecule has 3 rings (SSSR count). The molecule has 0 atom stereocenters. The highest BCUT2D eigenvalue weighted by Gasteiger charge is 2.38. The zero-order valence-electron chi connectivity index (χ0n) is 13.9. The standard InChI is InChI=1S/C18H28N2O2S/c21-17(7-6-16-5-4-14-23-16)19-15-18(8-2-1-3-9-18)20-10-12-22-13-11-20/h4-5,14H,1-3,6-13,15H2,(H,19,21). The molecule has 1 aromatic heterocycles. The van der Waals surface area contributed by atoms with E-state index < -0.39 is 0 Å². The van der Waals surface area contributed by atoms with Crippen molar-refractivity contribution >= 4 is 17.2 Å². The van der Waals surface area contributed by atoms with Crippen LogP contribution in [0.25, 0.3) is 0 Å². The highest BCUT2D eigenvalue weighted by molar-refractivity contribution is 7.09. The Labute approximate surface area is 143 Å². The van der Waals surface area contributed by atoms with Crippen LogP contribution in [0.3, 0.4) is 0 Å². The number of carbonyl (C=O) groups is 1. The lowest BCUT2D eigenvalue weighted by molar-refractivity contribution is -0.122. The minimum atomic E-state index is 0.167. The van der Waals surface area contributed by atoms with Crippen molar-refractivity contribution in [1.29, 1.82) is 0 Å². The van der Waals surface area contributed by atoms with Gasteiger partial charge in [-0.05, 0) is 30.7 Å². The number of nitrogens with one attached hydrogen (secondary N) is 1. The average molecular weight is 337 g/mol. The van der Waals surface area contributed by atoms with Gasteiger partial charge in [-0.1, -0.05) is 25.3 Å². The fraction of sp³-hybridized carbons (Fsp3) is 0.722. The van der Waals surface area contributed by atoms with E-state index in [4.69, 9.17) is 4.74 Å². The van der Waals surface area contributed by atoms with Crippen molar-refractivity contribution < 1.29 is 9.53 Å². The quantitative estimate of drug-likeness (QED) is 0.868. The van der Waals surface area contributed by atoms with E-state index in [1.165, 1.54) is 37.0 Å². The molecule has 1 aliphatic heterocycles. The number of morpholine rings is 1. The second kappa shape index (κ2) is 8.27. The van der Waals surface area contributed by atoms with Crippen molar-refractivity contribution in [3.63, 3.8) is 0 Å². The molecule has 1 amide bonds. The number of ether oxygens (including phenoxy) is 1. The number of amides is 1. The van der Waals surface area contributed by atoms with Gasteiger partial charge in [-0.2, -0.15) is 0 Å². The Hall–Kier alpha value is -0.910. The van der Waals surface area contributed by atoms with Gasteiger partial charge in [-0.25, -0.2) is 0 Å². The van der Waals surface area contributed by atoms with Crippen LogP contribution < -0.4 is 5.32 Å². The summed E-state index contributed by atoms with van der Waals surface area (Å²) in [6.07, 6.45) is 7.76. The maximum atomic E-state index is 12.3. The van der Waals surface area contributed by atoms with E-state index in [9.17, 15) is 4.79 Å². The highest BCUT2D eigenvalue weighted by Crippen LogP contribution is 2.33. The molecule has 0 aromatic carbocycles. The van der Waals surface area contributed by atoms with Gasteiger partial charge in [0.15, 0.2) is 0 Å². The van der Waals surface area contributed by atoms with Crippen molar-refractivity contribution in [3.8, 4) is 0 Å². The molecule has 2 aliphatic rings. The number of aryl methyl sites for hydroxylation is 1. The summed E-state index contributed by atoms with van der Waals surface area (Å²) in [5.41, 5.74) is 0.167. The Morgan fingerprint density at radius 2 is 2.04 bits per heavy atom. The summed E-state index contributed by atoms with van der Waals surface area (Å²) in [4.78, 5) is 16.1. The number of hydrogen-bond acceptors (Lipinski definition) is 4. The van der Waals surface area contributed by atoms with Crippen molar-refractivity contribution in [2.75, 3.05) is 32.8 Å². The summed E-state index contributed by atoms with van der Waals surface area (Å²) < 4.78 is 5.51. The second-order valence-electron chi connectivity index (χ2n) is 6.74. The van der Waals surface area contributed by atoms with E-state index in [0.717, 1.165) is 39.3 Å². The second-order valence-corrected chi connectivity index (χ2v) is 7.77. The number of hydrogen-bond donors (Lipinski definition) is 1. The lowest BCUT2D eigenvalue weighted by Gasteiger charge is -2.48. The molecule has 0 spiro atoms. The molecular formula is C18H28N2O2S. The molecule has 0 unspecified atom stereocenters. The fourth-order valence-corrected chi connectivity index (χ4v) is 4.60. The molecule has 5 heteroatoms. The number of rotatable bonds is 6. The van der Waals surface area contributed by atoms with Gasteiger partial charge in [0, 0.05) is 36.5 Å². The predicted molar refractivity (Wildman–Crippen MR) is 93.9 cm³/mol. The van der Waals surface area contributed by atoms with E-state index in [2.05, 4.69) is 21.7 Å². The van der Waals surface area contributed by atoms with Gasteiger partial charge >= 0.3 is 0 Å². The SMILES string of the molecule is O=C(CCc1cccs1)NCC1(N2CCOCC2)CCCCC1. The maximum absolute atomic E-state index is 12.3. The lowest BCUT2D eigenvalue weighted by atomic mass is 9.79. The van der Waals surface area contributed by atoms with Crippen LogP contribution in [-0.2, 0) is 16.0 Å². The Kier molecular flexibility index (Phi) is 6.08. The third-order valence-electron chi connectivity index (χ3n) is 5.26. The van der Waals surface area contributed by atoms with Gasteiger partial charge in [0.05, 0.1) is 13.2 Å². The Balaban J connectivity index is 1.52. The zero-order chi connectivity index (χ0) is 16.0. The van der Waals surface area contributed by atoms with Gasteiger partial charge in [-0.3, -0.25) is 9.69 Å². The molecule has 23 heavy (non-hydrogen) atoms. The first kappa shape index (κ1) is 16.9. The molecule has 1 saturated heterocycles. The highest BCUT2D eigenvalue weighted by atomic mass is 32.1. The van der Waals surface area contributed by atoms with E-state index in [1.807, 2.05) is 6.07 Å². The van der Waals surface area contributed by atoms with E-state index in [0.29, 0.717) is 6.42 Å². The molecule has 1 N–H and O–H groups in total. The third-order valence-corrected chi connectivity index (χ3v) is 6.20. The molecule has 128 valence electrons. The average Bonchev–Trinajstić information content (AvgIpc) is 3.13. The first-order valence-corrected chi connectivity index (χ1v) is 9.78. The van der Waals surface area contributed by atoms with Crippen molar-refractivity contribution in [3.05, 3.63) is 22.4 Å². The summed E-state index contributed by atoms with van der Waals surface area (Å²) in [6, 6.07) is 4.15.